The molecule has 2 aromatic carbocycles. The molecule has 9 nitrogen and oxygen atoms in total. The van der Waals surface area contributed by atoms with Crippen LogP contribution in [0.3, 0.4) is 0 Å². The molecular weight excluding hydrogens is 396 g/mol. The molecule has 0 aromatic heterocycles. The van der Waals surface area contributed by atoms with E-state index in [2.05, 4.69) is 10.6 Å². The van der Waals surface area contributed by atoms with Crippen LogP contribution in [0, 0.1) is 0 Å². The Labute approximate surface area is 182 Å². The van der Waals surface area contributed by atoms with E-state index in [1.807, 2.05) is 48.5 Å². The minimum Gasteiger partial charge on any atom is -0.400 e. The van der Waals surface area contributed by atoms with Crippen LogP contribution in [0.15, 0.2) is 60.4 Å². The van der Waals surface area contributed by atoms with E-state index in [-0.39, 0.29) is 12.3 Å². The summed E-state index contributed by atoms with van der Waals surface area (Å²) in [5.41, 5.74) is 11.7. The molecule has 0 saturated heterocycles. The highest BCUT2D eigenvalue weighted by Gasteiger charge is 2.18. The molecule has 166 valence electrons. The van der Waals surface area contributed by atoms with E-state index >= 15 is 0 Å². The Morgan fingerprint density at radius 2 is 1.87 bits per heavy atom. The van der Waals surface area contributed by atoms with Gasteiger partial charge in [-0.25, -0.2) is 11.3 Å². The Balaban J connectivity index is 2.17. The van der Waals surface area contributed by atoms with Crippen LogP contribution in [0.4, 0.5) is 5.69 Å². The van der Waals surface area contributed by atoms with Crippen molar-refractivity contribution in [2.75, 3.05) is 18.9 Å². The number of rotatable bonds is 10. The fourth-order valence-corrected chi connectivity index (χ4v) is 3.17. The Kier molecular flexibility index (Phi) is 9.01. The van der Waals surface area contributed by atoms with Crippen LogP contribution in [0.25, 0.3) is 11.1 Å². The maximum atomic E-state index is 11.7. The smallest absolute Gasteiger partial charge is 0.245 e. The van der Waals surface area contributed by atoms with Gasteiger partial charge in [-0.15, -0.1) is 0 Å². The summed E-state index contributed by atoms with van der Waals surface area (Å²) in [7, 11) is 1.77. The summed E-state index contributed by atoms with van der Waals surface area (Å²) in [6.45, 7) is 1.93. The lowest BCUT2D eigenvalue weighted by atomic mass is 9.98. The first-order valence-electron chi connectivity index (χ1n) is 9.86. The molecule has 0 bridgehead atoms. The molecule has 2 amide bonds. The molecule has 0 fully saturated rings. The number of hydrogen-bond acceptors (Lipinski definition) is 7. The SMILES string of the molecule is CNC/C(N)=C/N(N)C(CC(=O)NO)Cc1ccc(-c2cccc(NC(C)=O)c2)cc1. The minimum absolute atomic E-state index is 0.00313. The monoisotopic (exact) mass is 426 g/mol. The van der Waals surface area contributed by atoms with E-state index < -0.39 is 11.9 Å². The minimum atomic E-state index is -0.535. The van der Waals surface area contributed by atoms with Crippen LogP contribution in [0.1, 0.15) is 18.9 Å². The molecule has 0 aliphatic carbocycles. The predicted molar refractivity (Wildman–Crippen MR) is 120 cm³/mol. The predicted octanol–water partition coefficient (Wildman–Crippen LogP) is 1.31. The maximum Gasteiger partial charge on any atom is 0.245 e. The molecule has 0 aliphatic heterocycles. The van der Waals surface area contributed by atoms with E-state index in [4.69, 9.17) is 16.8 Å². The number of hydrazine groups is 1. The molecule has 0 heterocycles. The van der Waals surface area contributed by atoms with E-state index in [0.717, 1.165) is 22.4 Å². The van der Waals surface area contributed by atoms with Crippen molar-refractivity contribution in [3.05, 3.63) is 66.0 Å². The van der Waals surface area contributed by atoms with Gasteiger partial charge in [-0.2, -0.15) is 0 Å². The van der Waals surface area contributed by atoms with Crippen molar-refractivity contribution < 1.29 is 14.8 Å². The first-order chi connectivity index (χ1) is 14.8. The summed E-state index contributed by atoms with van der Waals surface area (Å²) < 4.78 is 0. The van der Waals surface area contributed by atoms with Gasteiger partial charge in [0.2, 0.25) is 11.8 Å². The molecule has 9 heteroatoms. The summed E-state index contributed by atoms with van der Waals surface area (Å²) in [6, 6.07) is 15.0. The second-order valence-electron chi connectivity index (χ2n) is 7.24. The number of hydrogen-bond donors (Lipinski definition) is 6. The summed E-state index contributed by atoms with van der Waals surface area (Å²) in [6.07, 6.45) is 2.05. The first kappa shape index (κ1) is 23.9. The van der Waals surface area contributed by atoms with Gasteiger partial charge in [0, 0.05) is 31.1 Å². The zero-order valence-corrected chi connectivity index (χ0v) is 17.8. The van der Waals surface area contributed by atoms with Crippen molar-refractivity contribution in [1.29, 1.82) is 0 Å². The van der Waals surface area contributed by atoms with Crippen molar-refractivity contribution in [2.24, 2.45) is 11.6 Å². The number of hydroxylamine groups is 1. The highest BCUT2D eigenvalue weighted by atomic mass is 16.5. The standard InChI is InChI=1S/C22H30N6O3/c1-15(29)26-20-5-3-4-18(11-20)17-8-6-16(7-9-17)10-21(12-22(30)27-31)28(24)14-19(23)13-25-2/h3-9,11,14,21,25,31H,10,12-13,23-24H2,1-2H3,(H,26,29)(H,27,30)/b19-14-. The highest BCUT2D eigenvalue weighted by Crippen LogP contribution is 2.24. The van der Waals surface area contributed by atoms with Crippen LogP contribution in [0.2, 0.25) is 0 Å². The van der Waals surface area contributed by atoms with Crippen molar-refractivity contribution in [3.63, 3.8) is 0 Å². The Bertz CT molecular complexity index is 914. The van der Waals surface area contributed by atoms with E-state index in [1.165, 1.54) is 11.9 Å². The normalized spacial score (nSPS) is 12.2. The Hall–Kier alpha value is -3.40. The zero-order valence-electron chi connectivity index (χ0n) is 17.8. The molecule has 8 N–H and O–H groups in total. The van der Waals surface area contributed by atoms with Gasteiger partial charge in [0.25, 0.3) is 0 Å². The van der Waals surface area contributed by atoms with E-state index in [1.54, 1.807) is 18.7 Å². The van der Waals surface area contributed by atoms with Gasteiger partial charge in [-0.3, -0.25) is 14.8 Å². The van der Waals surface area contributed by atoms with Crippen molar-refractivity contribution in [1.82, 2.24) is 15.8 Å². The van der Waals surface area contributed by atoms with Crippen molar-refractivity contribution in [2.45, 2.75) is 25.8 Å². The molecule has 0 aliphatic rings. The Morgan fingerprint density at radius 1 is 1.16 bits per heavy atom. The van der Waals surface area contributed by atoms with Crippen molar-refractivity contribution in [3.8, 4) is 11.1 Å². The quantitative estimate of drug-likeness (QED) is 0.191. The third-order valence-corrected chi connectivity index (χ3v) is 4.60. The number of nitrogens with two attached hydrogens (primary N) is 2. The second kappa shape index (κ2) is 11.7. The highest BCUT2D eigenvalue weighted by molar-refractivity contribution is 5.89. The molecule has 2 rings (SSSR count). The van der Waals surface area contributed by atoms with Crippen LogP contribution >= 0.6 is 0 Å². The van der Waals surface area contributed by atoms with Gasteiger partial charge in [-0.05, 0) is 42.3 Å². The lowest BCUT2D eigenvalue weighted by Gasteiger charge is -2.26. The molecule has 1 atom stereocenters. The third-order valence-electron chi connectivity index (χ3n) is 4.60. The number of carbonyl (C=O) groups is 2. The molecule has 31 heavy (non-hydrogen) atoms. The summed E-state index contributed by atoms with van der Waals surface area (Å²) in [4.78, 5) is 23.0. The van der Waals surface area contributed by atoms with E-state index in [9.17, 15) is 9.59 Å². The van der Waals surface area contributed by atoms with Crippen LogP contribution in [-0.2, 0) is 16.0 Å². The lowest BCUT2D eigenvalue weighted by Crippen LogP contribution is -2.42. The number of nitrogens with one attached hydrogen (secondary N) is 3. The summed E-state index contributed by atoms with van der Waals surface area (Å²) in [5.74, 6) is 5.47. The number of amides is 2. The van der Waals surface area contributed by atoms with Crippen LogP contribution in [0.5, 0.6) is 0 Å². The Morgan fingerprint density at radius 3 is 2.48 bits per heavy atom. The molecule has 1 unspecified atom stereocenters. The van der Waals surface area contributed by atoms with Gasteiger partial charge in [0.15, 0.2) is 0 Å². The van der Waals surface area contributed by atoms with Crippen LogP contribution in [-0.4, -0.2) is 41.7 Å². The fourth-order valence-electron chi connectivity index (χ4n) is 3.17. The number of anilines is 1. The number of carbonyl (C=O) groups excluding carboxylic acids is 2. The second-order valence-corrected chi connectivity index (χ2v) is 7.24. The molecule has 0 saturated carbocycles. The topological polar surface area (TPSA) is 146 Å². The average molecular weight is 427 g/mol. The van der Waals surface area contributed by atoms with Gasteiger partial charge in [0.05, 0.1) is 12.5 Å². The first-order valence-corrected chi connectivity index (χ1v) is 9.86. The van der Waals surface area contributed by atoms with Gasteiger partial charge in [0.1, 0.15) is 0 Å². The van der Waals surface area contributed by atoms with Crippen molar-refractivity contribution >= 4 is 17.5 Å². The largest absolute Gasteiger partial charge is 0.400 e. The lowest BCUT2D eigenvalue weighted by molar-refractivity contribution is -0.130. The molecule has 2 aromatic rings. The maximum absolute atomic E-state index is 11.7. The fraction of sp³-hybridized carbons (Fsp3) is 0.273. The van der Waals surface area contributed by atoms with Gasteiger partial charge >= 0.3 is 0 Å². The molecular formula is C22H30N6O3. The molecule has 0 spiro atoms. The van der Waals surface area contributed by atoms with Gasteiger partial charge in [-0.1, -0.05) is 36.4 Å². The zero-order chi connectivity index (χ0) is 22.8. The number of benzene rings is 2. The van der Waals surface area contributed by atoms with E-state index in [0.29, 0.717) is 18.7 Å². The number of likely N-dealkylation sites (N-methyl/N-ethyl adjacent to an activating group) is 1. The summed E-state index contributed by atoms with van der Waals surface area (Å²) >= 11 is 0. The van der Waals surface area contributed by atoms with Gasteiger partial charge < -0.3 is 21.4 Å². The third kappa shape index (κ3) is 7.74. The average Bonchev–Trinajstić information content (AvgIpc) is 2.73. The van der Waals surface area contributed by atoms with Crippen LogP contribution < -0.4 is 27.7 Å². The number of nitrogens with zero attached hydrogens (tertiary/aromatic N) is 1. The molecule has 0 radical (unpaired) electrons. The summed E-state index contributed by atoms with van der Waals surface area (Å²) in [5, 5.41) is 16.0.